The number of carbonyl (C=O) groups excluding carboxylic acids is 1. The van der Waals surface area contributed by atoms with E-state index in [1.165, 1.54) is 24.9 Å². The van der Waals surface area contributed by atoms with Crippen LogP contribution in [0.25, 0.3) is 0 Å². The van der Waals surface area contributed by atoms with Gasteiger partial charge in [-0.25, -0.2) is 9.78 Å². The first-order chi connectivity index (χ1) is 8.52. The molecule has 6 heteroatoms. The van der Waals surface area contributed by atoms with Crippen molar-refractivity contribution in [1.82, 2.24) is 4.98 Å². The Hall–Kier alpha value is -0.810. The molecule has 0 aromatic carbocycles. The molecule has 4 nitrogen and oxygen atoms in total. The van der Waals surface area contributed by atoms with Gasteiger partial charge in [-0.05, 0) is 24.7 Å². The molecule has 0 radical (unpaired) electrons. The van der Waals surface area contributed by atoms with E-state index in [4.69, 9.17) is 11.6 Å². The highest BCUT2D eigenvalue weighted by Gasteiger charge is 2.30. The van der Waals surface area contributed by atoms with Gasteiger partial charge in [0.15, 0.2) is 15.2 Å². The summed E-state index contributed by atoms with van der Waals surface area (Å²) in [4.78, 5) is 16.0. The number of halogens is 1. The Morgan fingerprint density at radius 2 is 2.22 bits per heavy atom. The molecule has 1 saturated carbocycles. The van der Waals surface area contributed by atoms with Gasteiger partial charge >= 0.3 is 5.97 Å². The molecule has 0 saturated heterocycles. The summed E-state index contributed by atoms with van der Waals surface area (Å²) in [6.45, 7) is 4.51. The van der Waals surface area contributed by atoms with E-state index in [1.807, 2.05) is 0 Å². The smallest absolute Gasteiger partial charge is 0.351 e. The molecule has 1 heterocycles. The van der Waals surface area contributed by atoms with Crippen molar-refractivity contribution in [3.8, 4) is 0 Å². The van der Waals surface area contributed by atoms with Crippen LogP contribution in [0.1, 0.15) is 36.4 Å². The first-order valence-electron chi connectivity index (χ1n) is 6.04. The van der Waals surface area contributed by atoms with Gasteiger partial charge < -0.3 is 10.1 Å². The minimum Gasteiger partial charge on any atom is -0.465 e. The van der Waals surface area contributed by atoms with Crippen molar-refractivity contribution in [2.75, 3.05) is 12.4 Å². The summed E-state index contributed by atoms with van der Waals surface area (Å²) in [6.07, 6.45) is 2.36. The molecule has 2 rings (SSSR count). The number of anilines is 1. The number of thiazole rings is 1. The minimum atomic E-state index is -0.432. The van der Waals surface area contributed by atoms with Gasteiger partial charge in [-0.3, -0.25) is 0 Å². The van der Waals surface area contributed by atoms with Crippen LogP contribution < -0.4 is 5.32 Å². The molecule has 1 aromatic rings. The molecule has 1 fully saturated rings. The molecule has 1 N–H and O–H groups in total. The van der Waals surface area contributed by atoms with Crippen LogP contribution in [0.5, 0.6) is 0 Å². The average molecular weight is 289 g/mol. The maximum atomic E-state index is 11.4. The number of carbonyl (C=O) groups is 1. The summed E-state index contributed by atoms with van der Waals surface area (Å²) in [5.41, 5.74) is 0. The van der Waals surface area contributed by atoms with Crippen LogP contribution >= 0.6 is 22.9 Å². The highest BCUT2D eigenvalue weighted by Crippen LogP contribution is 2.35. The van der Waals surface area contributed by atoms with Crippen molar-refractivity contribution in [2.24, 2.45) is 11.8 Å². The lowest BCUT2D eigenvalue weighted by molar-refractivity contribution is 0.0606. The Morgan fingerprint density at radius 1 is 1.50 bits per heavy atom. The summed E-state index contributed by atoms with van der Waals surface area (Å²) >= 11 is 7.18. The lowest BCUT2D eigenvalue weighted by Gasteiger charge is -2.18. The summed E-state index contributed by atoms with van der Waals surface area (Å²) in [5, 5.41) is 4.29. The monoisotopic (exact) mass is 288 g/mol. The van der Waals surface area contributed by atoms with Gasteiger partial charge in [-0.15, -0.1) is 0 Å². The number of rotatable bonds is 3. The third-order valence-corrected chi connectivity index (χ3v) is 5.08. The van der Waals surface area contributed by atoms with Crippen molar-refractivity contribution in [3.05, 3.63) is 10.0 Å². The molecular weight excluding hydrogens is 272 g/mol. The third kappa shape index (κ3) is 2.62. The largest absolute Gasteiger partial charge is 0.465 e. The maximum Gasteiger partial charge on any atom is 0.351 e. The van der Waals surface area contributed by atoms with E-state index in [0.29, 0.717) is 22.0 Å². The number of nitrogens with zero attached hydrogens (tertiary/aromatic N) is 1. The number of aromatic nitrogens is 1. The van der Waals surface area contributed by atoms with E-state index < -0.39 is 5.97 Å². The Morgan fingerprint density at radius 3 is 2.78 bits per heavy atom. The van der Waals surface area contributed by atoms with Crippen LogP contribution in [0.15, 0.2) is 0 Å². The van der Waals surface area contributed by atoms with E-state index in [2.05, 4.69) is 28.9 Å². The summed E-state index contributed by atoms with van der Waals surface area (Å²) in [6, 6.07) is 0.410. The first kappa shape index (κ1) is 13.6. The van der Waals surface area contributed by atoms with Crippen LogP contribution in [0, 0.1) is 11.8 Å². The van der Waals surface area contributed by atoms with Crippen molar-refractivity contribution in [1.29, 1.82) is 0 Å². The number of ether oxygens (including phenoxy) is 1. The van der Waals surface area contributed by atoms with Crippen molar-refractivity contribution in [2.45, 2.75) is 32.7 Å². The van der Waals surface area contributed by atoms with Crippen LogP contribution in [-0.4, -0.2) is 24.1 Å². The molecule has 18 heavy (non-hydrogen) atoms. The quantitative estimate of drug-likeness (QED) is 0.866. The Kier molecular flexibility index (Phi) is 4.12. The van der Waals surface area contributed by atoms with Crippen molar-refractivity contribution < 1.29 is 9.53 Å². The van der Waals surface area contributed by atoms with E-state index in [1.54, 1.807) is 0 Å². The number of nitrogens with one attached hydrogen (secondary N) is 1. The standard InChI is InChI=1S/C12H17ClN2O2S/c1-6-4-5-8(7(6)2)14-12-15-10(13)9(18-12)11(16)17-3/h6-8H,4-5H2,1-3H3,(H,14,15). The fourth-order valence-corrected chi connectivity index (χ4v) is 3.47. The van der Waals surface area contributed by atoms with Gasteiger partial charge in [0, 0.05) is 6.04 Å². The van der Waals surface area contributed by atoms with E-state index in [0.717, 1.165) is 12.3 Å². The lowest BCUT2D eigenvalue weighted by atomic mass is 9.98. The fraction of sp³-hybridized carbons (Fsp3) is 0.667. The Bertz CT molecular complexity index is 449. The second-order valence-electron chi connectivity index (χ2n) is 4.80. The molecule has 0 spiro atoms. The second kappa shape index (κ2) is 5.45. The molecule has 0 aliphatic heterocycles. The van der Waals surface area contributed by atoms with E-state index >= 15 is 0 Å². The van der Waals surface area contributed by atoms with E-state index in [-0.39, 0.29) is 5.15 Å². The van der Waals surface area contributed by atoms with Gasteiger partial charge in [-0.2, -0.15) is 0 Å². The molecule has 1 aromatic heterocycles. The predicted molar refractivity (Wildman–Crippen MR) is 73.4 cm³/mol. The highest BCUT2D eigenvalue weighted by atomic mass is 35.5. The first-order valence-corrected chi connectivity index (χ1v) is 7.23. The molecular formula is C12H17ClN2O2S. The van der Waals surface area contributed by atoms with Gasteiger partial charge in [0.25, 0.3) is 0 Å². The topological polar surface area (TPSA) is 51.2 Å². The van der Waals surface area contributed by atoms with Gasteiger partial charge in [0.2, 0.25) is 0 Å². The van der Waals surface area contributed by atoms with Crippen LogP contribution in [0.3, 0.4) is 0 Å². The molecule has 100 valence electrons. The number of methoxy groups -OCH3 is 1. The zero-order valence-corrected chi connectivity index (χ0v) is 12.3. The third-order valence-electron chi connectivity index (χ3n) is 3.73. The Balaban J connectivity index is 2.09. The van der Waals surface area contributed by atoms with Gasteiger partial charge in [-0.1, -0.05) is 36.8 Å². The highest BCUT2D eigenvalue weighted by molar-refractivity contribution is 7.18. The fourth-order valence-electron chi connectivity index (χ4n) is 2.31. The minimum absolute atomic E-state index is 0.216. The molecule has 1 aliphatic rings. The number of esters is 1. The maximum absolute atomic E-state index is 11.4. The van der Waals surface area contributed by atoms with Gasteiger partial charge in [0.05, 0.1) is 7.11 Å². The zero-order valence-electron chi connectivity index (χ0n) is 10.7. The van der Waals surface area contributed by atoms with Crippen molar-refractivity contribution in [3.63, 3.8) is 0 Å². The van der Waals surface area contributed by atoms with Gasteiger partial charge in [0.1, 0.15) is 0 Å². The van der Waals surface area contributed by atoms with Crippen LogP contribution in [0.4, 0.5) is 5.13 Å². The summed E-state index contributed by atoms with van der Waals surface area (Å²) in [5.74, 6) is 0.894. The molecule has 1 aliphatic carbocycles. The summed E-state index contributed by atoms with van der Waals surface area (Å²) < 4.78 is 4.66. The SMILES string of the molecule is COC(=O)c1sc(NC2CCC(C)C2C)nc1Cl. The lowest BCUT2D eigenvalue weighted by Crippen LogP contribution is -2.23. The zero-order chi connectivity index (χ0) is 13.3. The molecule has 3 unspecified atom stereocenters. The van der Waals surface area contributed by atoms with Crippen LogP contribution in [0.2, 0.25) is 5.15 Å². The Labute approximate surface area is 116 Å². The molecule has 0 amide bonds. The molecule has 0 bridgehead atoms. The predicted octanol–water partition coefficient (Wildman–Crippen LogP) is 3.43. The molecule has 3 atom stereocenters. The van der Waals surface area contributed by atoms with Crippen molar-refractivity contribution >= 4 is 34.0 Å². The van der Waals surface area contributed by atoms with E-state index in [9.17, 15) is 4.79 Å². The second-order valence-corrected chi connectivity index (χ2v) is 6.15. The number of hydrogen-bond donors (Lipinski definition) is 1. The normalized spacial score (nSPS) is 27.2. The summed E-state index contributed by atoms with van der Waals surface area (Å²) in [7, 11) is 1.34. The average Bonchev–Trinajstić information content (AvgIpc) is 2.86. The van der Waals surface area contributed by atoms with Crippen LogP contribution in [-0.2, 0) is 4.74 Å². The number of hydrogen-bond acceptors (Lipinski definition) is 5.